The summed E-state index contributed by atoms with van der Waals surface area (Å²) >= 11 is 9.44. The summed E-state index contributed by atoms with van der Waals surface area (Å²) < 4.78 is 5.47. The normalized spacial score (nSPS) is 16.9. The van der Waals surface area contributed by atoms with E-state index in [1.165, 1.54) is 17.3 Å². The van der Waals surface area contributed by atoms with Crippen LogP contribution >= 0.6 is 34.7 Å². The number of halogens is 1. The van der Waals surface area contributed by atoms with Gasteiger partial charge in [-0.25, -0.2) is 0 Å². The van der Waals surface area contributed by atoms with E-state index in [2.05, 4.69) is 60.1 Å². The fourth-order valence-corrected chi connectivity index (χ4v) is 7.82. The maximum Gasteiger partial charge on any atom is 0.308 e. The number of nitrogens with one attached hydrogen (secondary N) is 1. The number of thiophene rings is 1. The molecule has 1 heterocycles. The molecule has 1 amide bonds. The van der Waals surface area contributed by atoms with Crippen molar-refractivity contribution in [1.29, 1.82) is 0 Å². The Morgan fingerprint density at radius 3 is 2.53 bits per heavy atom. The molecular weight excluding hydrogens is 598 g/mol. The van der Waals surface area contributed by atoms with Crippen LogP contribution in [-0.2, 0) is 19.9 Å². The van der Waals surface area contributed by atoms with E-state index in [4.69, 9.17) is 16.3 Å². The zero-order chi connectivity index (χ0) is 30.7. The smallest absolute Gasteiger partial charge is 0.308 e. The number of esters is 1. The average Bonchev–Trinajstić information content (AvgIpc) is 3.53. The number of rotatable bonds is 15. The standard InChI is InChI=1S/C35H42ClNO4S2/c1-3-25(13-10-20-38)26-16-18-28(19-17-26)35(22-34(40)41-4-2,29-21-32(42-23-29)27-11-6-5-7-12-27)37-33(39)24-43-31-15-9-8-14-30(31)36/h6,11-12,14-19,21,23,25,38H,3-5,7-10,13,20,22,24H2,1-2H3,(H,37,39). The van der Waals surface area contributed by atoms with Crippen LogP contribution in [0.2, 0.25) is 0 Å². The highest BCUT2D eigenvalue weighted by Crippen LogP contribution is 2.40. The van der Waals surface area contributed by atoms with Crippen LogP contribution in [0.3, 0.4) is 0 Å². The number of ether oxygens (including phenoxy) is 1. The molecule has 1 aromatic heterocycles. The molecule has 2 aromatic rings. The first-order valence-corrected chi connectivity index (χ1v) is 17.5. The van der Waals surface area contributed by atoms with Gasteiger partial charge in [-0.15, -0.1) is 23.1 Å². The lowest BCUT2D eigenvalue weighted by Crippen LogP contribution is -2.49. The van der Waals surface area contributed by atoms with Crippen LogP contribution in [0, 0.1) is 0 Å². The third-order valence-corrected chi connectivity index (χ3v) is 10.5. The molecule has 2 unspecified atom stereocenters. The van der Waals surface area contributed by atoms with Crippen molar-refractivity contribution in [2.75, 3.05) is 19.0 Å². The summed E-state index contributed by atoms with van der Waals surface area (Å²) in [7, 11) is 0. The highest BCUT2D eigenvalue weighted by atomic mass is 35.5. The van der Waals surface area contributed by atoms with Crippen molar-refractivity contribution in [3.05, 3.63) is 97.6 Å². The number of aliphatic hydroxyl groups excluding tert-OH is 1. The van der Waals surface area contributed by atoms with E-state index in [1.54, 1.807) is 18.3 Å². The summed E-state index contributed by atoms with van der Waals surface area (Å²) in [6, 6.07) is 10.4. The van der Waals surface area contributed by atoms with E-state index in [1.807, 2.05) is 18.2 Å². The Labute approximate surface area is 269 Å². The minimum absolute atomic E-state index is 0.0350. The number of thioether (sulfide) groups is 1. The Balaban J connectivity index is 1.74. The summed E-state index contributed by atoms with van der Waals surface area (Å²) in [5.41, 5.74) is 2.90. The molecule has 0 saturated carbocycles. The molecule has 2 aliphatic rings. The number of carbonyl (C=O) groups is 2. The van der Waals surface area contributed by atoms with Crippen molar-refractivity contribution in [3.63, 3.8) is 0 Å². The molecule has 2 N–H and O–H groups in total. The van der Waals surface area contributed by atoms with Crippen LogP contribution < -0.4 is 5.32 Å². The average molecular weight is 640 g/mol. The molecular formula is C35H42ClNO4S2. The van der Waals surface area contributed by atoms with Crippen molar-refractivity contribution in [2.45, 2.75) is 76.7 Å². The van der Waals surface area contributed by atoms with E-state index in [-0.39, 0.29) is 37.3 Å². The number of benzene rings is 1. The van der Waals surface area contributed by atoms with Crippen LogP contribution in [0.25, 0.3) is 5.57 Å². The molecule has 0 aliphatic heterocycles. The van der Waals surface area contributed by atoms with Crippen molar-refractivity contribution in [1.82, 2.24) is 5.32 Å². The Kier molecular flexibility index (Phi) is 12.8. The van der Waals surface area contributed by atoms with Gasteiger partial charge >= 0.3 is 5.97 Å². The fourth-order valence-electron chi connectivity index (χ4n) is 5.65. The Morgan fingerprint density at radius 1 is 1.09 bits per heavy atom. The Bertz CT molecular complexity index is 1370. The van der Waals surface area contributed by atoms with E-state index in [0.717, 1.165) is 71.4 Å². The lowest BCUT2D eigenvalue weighted by molar-refractivity contribution is -0.144. The first kappa shape index (κ1) is 33.3. The Morgan fingerprint density at radius 2 is 1.86 bits per heavy atom. The van der Waals surface area contributed by atoms with Gasteiger partial charge in [0.05, 0.1) is 18.8 Å². The van der Waals surface area contributed by atoms with Crippen molar-refractivity contribution < 1.29 is 19.4 Å². The van der Waals surface area contributed by atoms with Gasteiger partial charge in [-0.3, -0.25) is 9.59 Å². The lowest BCUT2D eigenvalue weighted by Gasteiger charge is -2.35. The second-order valence-corrected chi connectivity index (χ2v) is 13.2. The SMILES string of the molecule is CCOC(=O)CC(NC(=O)CSC1=CCCC=C1Cl)(c1ccc(C(CC)CCCO)cc1)c1csc(C2=CCCC=C2)c1. The van der Waals surface area contributed by atoms with Gasteiger partial charge in [0.15, 0.2) is 0 Å². The van der Waals surface area contributed by atoms with Crippen LogP contribution in [0.4, 0.5) is 0 Å². The monoisotopic (exact) mass is 639 g/mol. The zero-order valence-electron chi connectivity index (χ0n) is 25.1. The van der Waals surface area contributed by atoms with Crippen LogP contribution in [0.1, 0.15) is 92.7 Å². The van der Waals surface area contributed by atoms with Crippen molar-refractivity contribution in [3.8, 4) is 0 Å². The predicted molar refractivity (Wildman–Crippen MR) is 180 cm³/mol. The van der Waals surface area contributed by atoms with Gasteiger partial charge in [-0.1, -0.05) is 73.2 Å². The number of aliphatic hydroxyl groups is 1. The molecule has 230 valence electrons. The minimum Gasteiger partial charge on any atom is -0.466 e. The maximum atomic E-state index is 13.7. The molecule has 1 aromatic carbocycles. The largest absolute Gasteiger partial charge is 0.466 e. The molecule has 43 heavy (non-hydrogen) atoms. The first-order valence-electron chi connectivity index (χ1n) is 15.2. The van der Waals surface area contributed by atoms with Gasteiger partial charge in [0.2, 0.25) is 5.91 Å². The van der Waals surface area contributed by atoms with Gasteiger partial charge in [0, 0.05) is 21.4 Å². The van der Waals surface area contributed by atoms with Crippen molar-refractivity contribution in [2.24, 2.45) is 0 Å². The van der Waals surface area contributed by atoms with Gasteiger partial charge < -0.3 is 15.2 Å². The highest BCUT2D eigenvalue weighted by Gasteiger charge is 2.40. The molecule has 0 fully saturated rings. The molecule has 0 radical (unpaired) electrons. The van der Waals surface area contributed by atoms with Crippen LogP contribution in [0.5, 0.6) is 0 Å². The molecule has 0 bridgehead atoms. The quantitative estimate of drug-likeness (QED) is 0.191. The molecule has 8 heteroatoms. The lowest BCUT2D eigenvalue weighted by atomic mass is 9.79. The molecule has 5 nitrogen and oxygen atoms in total. The molecule has 0 saturated heterocycles. The Hall–Kier alpha value is -2.58. The number of amides is 1. The molecule has 4 rings (SSSR count). The topological polar surface area (TPSA) is 75.6 Å². The number of hydrogen-bond acceptors (Lipinski definition) is 6. The number of allylic oxidation sites excluding steroid dienone is 7. The van der Waals surface area contributed by atoms with Crippen LogP contribution in [0.15, 0.2) is 76.0 Å². The van der Waals surface area contributed by atoms with Crippen molar-refractivity contribution >= 4 is 52.1 Å². The number of hydrogen-bond donors (Lipinski definition) is 2. The summed E-state index contributed by atoms with van der Waals surface area (Å²) in [6.45, 7) is 4.38. The third kappa shape index (κ3) is 8.75. The summed E-state index contributed by atoms with van der Waals surface area (Å²) in [4.78, 5) is 29.0. The second-order valence-electron chi connectivity index (χ2n) is 10.9. The molecule has 0 spiro atoms. The second kappa shape index (κ2) is 16.5. The summed E-state index contributed by atoms with van der Waals surface area (Å²) in [5.74, 6) is -0.0682. The van der Waals surface area contributed by atoms with Gasteiger partial charge in [0.25, 0.3) is 0 Å². The van der Waals surface area contributed by atoms with E-state index in [0.29, 0.717) is 11.0 Å². The van der Waals surface area contributed by atoms with Gasteiger partial charge in [0.1, 0.15) is 5.54 Å². The van der Waals surface area contributed by atoms with E-state index < -0.39 is 5.54 Å². The highest BCUT2D eigenvalue weighted by molar-refractivity contribution is 8.04. The number of carbonyl (C=O) groups excluding carboxylic acids is 2. The van der Waals surface area contributed by atoms with Gasteiger partial charge in [-0.2, -0.15) is 0 Å². The van der Waals surface area contributed by atoms with Gasteiger partial charge in [-0.05, 0) is 91.5 Å². The zero-order valence-corrected chi connectivity index (χ0v) is 27.5. The van der Waals surface area contributed by atoms with E-state index in [9.17, 15) is 14.7 Å². The third-order valence-electron chi connectivity index (χ3n) is 7.93. The first-order chi connectivity index (χ1) is 20.9. The van der Waals surface area contributed by atoms with Crippen LogP contribution in [-0.4, -0.2) is 35.9 Å². The van der Waals surface area contributed by atoms with E-state index >= 15 is 0 Å². The summed E-state index contributed by atoms with van der Waals surface area (Å²) in [6.07, 6.45) is 17.0. The maximum absolute atomic E-state index is 13.7. The predicted octanol–water partition coefficient (Wildman–Crippen LogP) is 8.59. The molecule has 2 aliphatic carbocycles. The summed E-state index contributed by atoms with van der Waals surface area (Å²) in [5, 5.41) is 15.4. The molecule has 2 atom stereocenters. The minimum atomic E-state index is -1.12. The fraction of sp³-hybridized carbons (Fsp3) is 0.429.